The van der Waals surface area contributed by atoms with Gasteiger partial charge in [-0.2, -0.15) is 13.2 Å². The van der Waals surface area contributed by atoms with E-state index in [1.807, 2.05) is 18.5 Å². The summed E-state index contributed by atoms with van der Waals surface area (Å²) >= 11 is 6.22. The van der Waals surface area contributed by atoms with E-state index in [1.54, 1.807) is 0 Å². The lowest BCUT2D eigenvalue weighted by Crippen LogP contribution is -2.76. The second-order valence-corrected chi connectivity index (χ2v) is 29.8. The number of piperidine rings is 1. The average Bonchev–Trinajstić information content (AvgIpc) is 0.941. The third kappa shape index (κ3) is 21.2. The number of aliphatic imine (C=N–C) groups is 1. The van der Waals surface area contributed by atoms with Crippen LogP contribution < -0.4 is 31.9 Å². The number of alkyl halides is 3. The highest BCUT2D eigenvalue weighted by Gasteiger charge is 2.55. The van der Waals surface area contributed by atoms with Crippen LogP contribution >= 0.6 is 11.6 Å². The maximum Gasteiger partial charge on any atom is 0.417 e. The number of fused-ring (bicyclic) bond motifs is 2. The molecule has 1 spiro atoms. The molecule has 11 atom stereocenters. The van der Waals surface area contributed by atoms with Crippen LogP contribution in [0.4, 0.5) is 13.2 Å². The van der Waals surface area contributed by atoms with Crippen LogP contribution in [0.3, 0.4) is 0 Å². The zero-order chi connectivity index (χ0) is 65.1. The number of halogens is 4. The van der Waals surface area contributed by atoms with Crippen LogP contribution in [-0.4, -0.2) is 163 Å². The average molecular weight is 1280 g/mol. The van der Waals surface area contributed by atoms with Crippen LogP contribution in [0.5, 0.6) is 0 Å². The number of aryl methyl sites for hydroxylation is 1. The van der Waals surface area contributed by atoms with Crippen molar-refractivity contribution in [2.24, 2.45) is 34.6 Å². The Labute approximate surface area is 549 Å². The van der Waals surface area contributed by atoms with Gasteiger partial charge in [-0.15, -0.1) is 0 Å². The number of amides is 1. The van der Waals surface area contributed by atoms with E-state index < -0.39 is 11.7 Å². The van der Waals surface area contributed by atoms with Crippen molar-refractivity contribution in [1.29, 1.82) is 0 Å². The van der Waals surface area contributed by atoms with Gasteiger partial charge in [0.1, 0.15) is 0 Å². The number of carbonyl (C=O) groups is 1. The van der Waals surface area contributed by atoms with E-state index in [0.717, 1.165) is 121 Å². The summed E-state index contributed by atoms with van der Waals surface area (Å²) in [5, 5.41) is 23.8. The molecular formula is C73H124ClF3N12O. The highest BCUT2D eigenvalue weighted by Crippen LogP contribution is 2.41. The van der Waals surface area contributed by atoms with Gasteiger partial charge in [0.15, 0.2) is 0 Å². The molecule has 0 radical (unpaired) electrons. The van der Waals surface area contributed by atoms with Gasteiger partial charge in [0.25, 0.3) is 0 Å². The fourth-order valence-corrected chi connectivity index (χ4v) is 16.3. The fourth-order valence-electron chi connectivity index (χ4n) is 16.0. The first kappa shape index (κ1) is 73.8. The number of hydrogen-bond donors (Lipinski definition) is 6. The van der Waals surface area contributed by atoms with Crippen LogP contribution in [0, 0.1) is 29.6 Å². The van der Waals surface area contributed by atoms with Crippen LogP contribution in [0.25, 0.3) is 0 Å². The summed E-state index contributed by atoms with van der Waals surface area (Å²) in [6.45, 7) is 32.7. The monoisotopic (exact) mass is 1280 g/mol. The molecule has 3 saturated heterocycles. The number of nitrogens with one attached hydrogen (secondary N) is 6. The topological polar surface area (TPSA) is 118 Å². The number of allylic oxidation sites excluding steroid dienone is 4. The van der Waals surface area contributed by atoms with Gasteiger partial charge >= 0.3 is 6.18 Å². The Kier molecular flexibility index (Phi) is 29.3. The minimum Gasteiger partial charge on any atom is -0.369 e. The normalized spacial score (nSPS) is 29.9. The zero-order valence-corrected chi connectivity index (χ0v) is 58.9. The quantitative estimate of drug-likeness (QED) is 0.120. The van der Waals surface area contributed by atoms with Gasteiger partial charge < -0.3 is 51.5 Å². The van der Waals surface area contributed by atoms with E-state index in [0.29, 0.717) is 55.0 Å². The molecule has 0 aromatic heterocycles. The summed E-state index contributed by atoms with van der Waals surface area (Å²) in [6.07, 6.45) is 30.1. The van der Waals surface area contributed by atoms with Crippen molar-refractivity contribution < 1.29 is 18.0 Å². The molecule has 2 aliphatic carbocycles. The molecule has 6 aliphatic rings. The Morgan fingerprint density at radius 1 is 0.833 bits per heavy atom. The lowest BCUT2D eigenvalue weighted by atomic mass is 9.74. The first-order valence-corrected chi connectivity index (χ1v) is 36.2. The van der Waals surface area contributed by atoms with E-state index in [-0.39, 0.29) is 64.8 Å². The van der Waals surface area contributed by atoms with E-state index in [9.17, 15) is 18.0 Å². The van der Waals surface area contributed by atoms with Crippen molar-refractivity contribution in [1.82, 2.24) is 56.4 Å². The maximum atomic E-state index is 14.7. The second kappa shape index (κ2) is 35.7. The highest BCUT2D eigenvalue weighted by molar-refractivity contribution is 6.31. The van der Waals surface area contributed by atoms with Gasteiger partial charge in [-0.1, -0.05) is 111 Å². The summed E-state index contributed by atoms with van der Waals surface area (Å²) in [7, 11) is 4.35. The summed E-state index contributed by atoms with van der Waals surface area (Å²) in [5.74, 6) is 2.38. The number of carbonyl (C=O) groups excluding carboxylic acids is 1. The molecule has 5 fully saturated rings. The Bertz CT molecular complexity index is 2480. The van der Waals surface area contributed by atoms with Gasteiger partial charge in [-0.25, -0.2) is 0 Å². The molecule has 5 unspecified atom stereocenters. The van der Waals surface area contributed by atoms with Crippen LogP contribution in [0.15, 0.2) is 71.2 Å². The third-order valence-corrected chi connectivity index (χ3v) is 22.0. The molecule has 2 saturated carbocycles. The summed E-state index contributed by atoms with van der Waals surface area (Å²) < 4.78 is 41.1. The first-order chi connectivity index (χ1) is 43.0. The largest absolute Gasteiger partial charge is 0.417 e. The lowest BCUT2D eigenvalue weighted by molar-refractivity contribution is -0.162. The number of nitrogens with zero attached hydrogens (tertiary/aromatic N) is 6. The fraction of sp³-hybridized carbons (Fsp3) is 0.781. The van der Waals surface area contributed by atoms with Crippen molar-refractivity contribution >= 4 is 23.7 Å². The predicted octanol–water partition coefficient (Wildman–Crippen LogP) is 13.7. The predicted molar refractivity (Wildman–Crippen MR) is 370 cm³/mol. The maximum absolute atomic E-state index is 14.7. The molecule has 90 heavy (non-hydrogen) atoms. The van der Waals surface area contributed by atoms with Crippen molar-refractivity contribution in [3.63, 3.8) is 0 Å². The van der Waals surface area contributed by atoms with Gasteiger partial charge in [0, 0.05) is 168 Å². The Balaban J connectivity index is 1.20. The molecule has 0 bridgehead atoms. The third-order valence-electron chi connectivity index (χ3n) is 21.7. The van der Waals surface area contributed by atoms with Gasteiger partial charge in [0.05, 0.1) is 23.0 Å². The molecule has 1 aromatic rings. The van der Waals surface area contributed by atoms with Crippen molar-refractivity contribution in [3.8, 4) is 0 Å². The molecule has 13 nitrogen and oxygen atoms in total. The van der Waals surface area contributed by atoms with Gasteiger partial charge in [0.2, 0.25) is 5.91 Å². The summed E-state index contributed by atoms with van der Waals surface area (Å²) in [6, 6.07) is 6.00. The van der Waals surface area contributed by atoms with E-state index >= 15 is 0 Å². The van der Waals surface area contributed by atoms with Gasteiger partial charge in [-0.3, -0.25) is 14.7 Å². The Morgan fingerprint density at radius 3 is 2.20 bits per heavy atom. The number of rotatable bonds is 12. The highest BCUT2D eigenvalue weighted by atomic mass is 35.5. The molecule has 1 amide bonds. The minimum atomic E-state index is -4.51. The van der Waals surface area contributed by atoms with Crippen molar-refractivity contribution in [2.75, 3.05) is 66.5 Å². The lowest BCUT2D eigenvalue weighted by Gasteiger charge is -2.60. The summed E-state index contributed by atoms with van der Waals surface area (Å²) in [5.41, 5.74) is 3.47. The van der Waals surface area contributed by atoms with Crippen molar-refractivity contribution in [2.45, 2.75) is 271 Å². The first-order valence-electron chi connectivity index (χ1n) is 35.9. The molecule has 17 heteroatoms. The molecule has 1 aromatic carbocycles. The molecular weight excluding hydrogens is 1150 g/mol. The SMILES string of the molecule is CC[C@H](C)[C@H]1CN[C@@H](C)C(C)NCC2[C@@H](C(=O)N3CCCCC3)C(C)N2[C@@H](C(C)C)C(C)NC2(CCCC2)CNCCN=CC=C(CCc2ccc(C(F)(F)F)c(Cl)c2)NC=CN(C)C=C(CC2CCCCC2)N(C)C=C2CCCN2[C@@H](CCC(C)C)C(C)N1. The summed E-state index contributed by atoms with van der Waals surface area (Å²) in [4.78, 5) is 31.8. The molecule has 510 valence electrons. The molecule has 7 rings (SSSR count). The van der Waals surface area contributed by atoms with Gasteiger partial charge in [-0.05, 0) is 159 Å². The standard InChI is InChI=1S/C73H124ClF3N12O/c1-14-53(6)66-46-81-54(7)55(8)82-47-68-69(71(90)87-40-21-16-22-41-87)58(11)89(68)70(52(4)5)57(10)84-72(34-19-20-35-72)50-79-38-37-78-36-33-61(30-28-60-29-31-64(65(74)45-60)73(75,76)77)80-39-43-85(12)48-63(44-59-24-17-15-18-25-59)86(13)49-62-26-23-42-88(62)67(56(9)83-66)32-27-51(2)3/h29,31,33,36,39,43,45,48-49,51-59,66-70,79-84H,14-28,30,32,34-35,37-38,40-42,44,46-47,50H2,1-13H3/t53-,54-,55?,56?,57?,58?,66+,67-,68?,69-,70-/m0/s1. The van der Waals surface area contributed by atoms with Crippen LogP contribution in [-0.2, 0) is 17.4 Å². The van der Waals surface area contributed by atoms with E-state index in [2.05, 4.69) is 165 Å². The number of likely N-dealkylation sites (tertiary alicyclic amines) is 1. The Hall–Kier alpha value is -3.64. The molecule has 4 heterocycles. The minimum absolute atomic E-state index is 0.0464. The Morgan fingerprint density at radius 2 is 1.53 bits per heavy atom. The number of hydrogen-bond acceptors (Lipinski definition) is 12. The van der Waals surface area contributed by atoms with Crippen LogP contribution in [0.2, 0.25) is 5.02 Å². The molecule has 4 aliphatic heterocycles. The van der Waals surface area contributed by atoms with E-state index in [1.165, 1.54) is 81.3 Å². The second-order valence-electron chi connectivity index (χ2n) is 29.4. The van der Waals surface area contributed by atoms with Crippen molar-refractivity contribution in [3.05, 3.63) is 82.3 Å². The molecule has 6 N–H and O–H groups in total. The van der Waals surface area contributed by atoms with Crippen LogP contribution in [0.1, 0.15) is 209 Å². The zero-order valence-electron chi connectivity index (χ0n) is 58.2. The van der Waals surface area contributed by atoms with E-state index in [4.69, 9.17) is 16.6 Å². The smallest absolute Gasteiger partial charge is 0.369 e. The number of benzene rings is 1.